The number of carboxylic acids is 1. The molecule has 0 aliphatic heterocycles. The van der Waals surface area contributed by atoms with Crippen molar-refractivity contribution in [3.8, 4) is 5.75 Å². The van der Waals surface area contributed by atoms with E-state index in [1.54, 1.807) is 72.2 Å². The first kappa shape index (κ1) is 30.2. The molecule has 0 radical (unpaired) electrons. The first-order valence-corrected chi connectivity index (χ1v) is 12.9. The molecule has 0 saturated carbocycles. The first-order valence-electron chi connectivity index (χ1n) is 11.4. The van der Waals surface area contributed by atoms with Crippen LogP contribution in [0.2, 0.25) is 0 Å². The number of fused-ring (bicyclic) bond motifs is 2. The summed E-state index contributed by atoms with van der Waals surface area (Å²) in [4.78, 5) is 37.0. The van der Waals surface area contributed by atoms with E-state index in [-0.39, 0.29) is 12.3 Å². The zero-order chi connectivity index (χ0) is 30.0. The van der Waals surface area contributed by atoms with Crippen molar-refractivity contribution >= 4 is 49.6 Å². The number of carbonyl (C=O) groups excluding carboxylic acids is 2. The van der Waals surface area contributed by atoms with E-state index >= 15 is 0 Å². The third-order valence-electron chi connectivity index (χ3n) is 5.89. The lowest BCUT2D eigenvalue weighted by Gasteiger charge is -2.15. The number of aryl methyl sites for hydroxylation is 1. The lowest BCUT2D eigenvalue weighted by Crippen LogP contribution is -2.40. The third-order valence-corrected chi connectivity index (χ3v) is 6.45. The van der Waals surface area contributed by atoms with Gasteiger partial charge in [0.15, 0.2) is 15.9 Å². The monoisotopic (exact) mass is 577 g/mol. The molecule has 0 aliphatic carbocycles. The molecule has 210 valence electrons. The van der Waals surface area contributed by atoms with Gasteiger partial charge in [-0.15, -0.1) is 0 Å². The normalized spacial score (nSPS) is 11.6. The Labute approximate surface area is 226 Å². The van der Waals surface area contributed by atoms with Crippen molar-refractivity contribution in [1.29, 1.82) is 0 Å². The van der Waals surface area contributed by atoms with Gasteiger partial charge in [0.05, 0.1) is 16.3 Å². The summed E-state index contributed by atoms with van der Waals surface area (Å²) >= 11 is 0. The average Bonchev–Trinajstić information content (AvgIpc) is 2.85. The van der Waals surface area contributed by atoms with Crippen LogP contribution >= 0.6 is 0 Å². The maximum absolute atomic E-state index is 13.5. The molecule has 9 nitrogen and oxygen atoms in total. The standard InChI is InChI=1S/C26H21NO5.CHF3O3S/c1-15-12-13-18(17(3)28)16(2)25(15)32-26(31)24-19-8-4-6-10-21(19)27(14-23(29)30)22-11-7-5-9-20(22)24;2-1(3,4)8(5,6)7/h4-13H,14H2,1-3H3;(H,5,6,7). The maximum atomic E-state index is 13.5. The van der Waals surface area contributed by atoms with E-state index in [9.17, 15) is 32.7 Å². The topological polar surface area (TPSA) is 142 Å². The molecule has 4 rings (SSSR count). The van der Waals surface area contributed by atoms with Gasteiger partial charge in [-0.3, -0.25) is 4.79 Å². The van der Waals surface area contributed by atoms with Gasteiger partial charge < -0.3 is 14.4 Å². The number of ketones is 1. The summed E-state index contributed by atoms with van der Waals surface area (Å²) in [6.45, 7) is 4.81. The number of aliphatic carboxylic acids is 1. The lowest BCUT2D eigenvalue weighted by molar-refractivity contribution is -0.633. The number of hydrogen-bond acceptors (Lipinski definition) is 7. The Morgan fingerprint density at radius 3 is 1.82 bits per heavy atom. The van der Waals surface area contributed by atoms with Gasteiger partial charge >= 0.3 is 17.4 Å². The van der Waals surface area contributed by atoms with Gasteiger partial charge in [0.2, 0.25) is 17.6 Å². The molecule has 0 saturated heterocycles. The van der Waals surface area contributed by atoms with Crippen molar-refractivity contribution in [2.75, 3.05) is 0 Å². The molecule has 40 heavy (non-hydrogen) atoms. The Morgan fingerprint density at radius 1 is 0.925 bits per heavy atom. The predicted octanol–water partition coefficient (Wildman–Crippen LogP) is 4.46. The molecule has 3 aromatic carbocycles. The number of pyridine rings is 1. The van der Waals surface area contributed by atoms with E-state index in [0.717, 1.165) is 5.56 Å². The highest BCUT2D eigenvalue weighted by Crippen LogP contribution is 2.30. The molecule has 0 aliphatic rings. The molecule has 1 N–H and O–H groups in total. The zero-order valence-corrected chi connectivity index (χ0v) is 22.1. The quantitative estimate of drug-likeness (QED) is 0.0697. The van der Waals surface area contributed by atoms with E-state index in [2.05, 4.69) is 0 Å². The molecule has 0 fully saturated rings. The van der Waals surface area contributed by atoms with E-state index < -0.39 is 27.6 Å². The van der Waals surface area contributed by atoms with Crippen molar-refractivity contribution in [3.63, 3.8) is 0 Å². The molecular weight excluding hydrogens is 555 g/mol. The highest BCUT2D eigenvalue weighted by atomic mass is 32.2. The number of ether oxygens (including phenoxy) is 1. The van der Waals surface area contributed by atoms with Crippen LogP contribution in [0.25, 0.3) is 21.8 Å². The number of hydrogen-bond donors (Lipinski definition) is 1. The Balaban J connectivity index is 0.000000482. The van der Waals surface area contributed by atoms with Crippen LogP contribution in [0, 0.1) is 13.8 Å². The van der Waals surface area contributed by atoms with E-state index in [1.165, 1.54) is 6.92 Å². The Morgan fingerprint density at radius 2 is 1.40 bits per heavy atom. The van der Waals surface area contributed by atoms with Crippen LogP contribution in [0.3, 0.4) is 0 Å². The maximum Gasteiger partial charge on any atom is 0.485 e. The van der Waals surface area contributed by atoms with Crippen LogP contribution in [0.4, 0.5) is 13.2 Å². The number of alkyl halides is 3. The van der Waals surface area contributed by atoms with Gasteiger partial charge in [-0.1, -0.05) is 36.4 Å². The van der Waals surface area contributed by atoms with Crippen molar-refractivity contribution in [3.05, 3.63) is 82.9 Å². The Hall–Kier alpha value is -4.36. The van der Waals surface area contributed by atoms with Gasteiger partial charge in [0, 0.05) is 23.3 Å². The van der Waals surface area contributed by atoms with E-state index in [4.69, 9.17) is 17.7 Å². The Kier molecular flexibility index (Phi) is 8.60. The summed E-state index contributed by atoms with van der Waals surface area (Å²) in [6.07, 6.45) is 0. The van der Waals surface area contributed by atoms with Crippen molar-refractivity contribution < 1.29 is 54.9 Å². The number of rotatable bonds is 5. The van der Waals surface area contributed by atoms with Crippen LogP contribution in [0.5, 0.6) is 5.75 Å². The van der Waals surface area contributed by atoms with Crippen molar-refractivity contribution in [1.82, 2.24) is 0 Å². The highest BCUT2D eigenvalue weighted by Gasteiger charge is 2.37. The fraction of sp³-hybridized carbons (Fsp3) is 0.185. The minimum absolute atomic E-state index is 0.106. The van der Waals surface area contributed by atoms with Crippen LogP contribution in [-0.4, -0.2) is 41.3 Å². The number of Topliss-reactive ketones (excluding diaryl/α,β-unsaturated/α-hetero) is 1. The van der Waals surface area contributed by atoms with Gasteiger partial charge in [0.25, 0.3) is 0 Å². The van der Waals surface area contributed by atoms with E-state index in [1.807, 2.05) is 6.92 Å². The molecule has 0 spiro atoms. The molecule has 4 aromatic rings. The molecule has 0 amide bonds. The molecule has 1 heterocycles. The van der Waals surface area contributed by atoms with Crippen molar-refractivity contribution in [2.45, 2.75) is 32.8 Å². The second kappa shape index (κ2) is 11.4. The summed E-state index contributed by atoms with van der Waals surface area (Å²) in [5, 5.41) is 10.6. The molecular formula is C27H22F3NO8S. The predicted molar refractivity (Wildman–Crippen MR) is 136 cm³/mol. The molecule has 0 bridgehead atoms. The fourth-order valence-electron chi connectivity index (χ4n) is 4.15. The van der Waals surface area contributed by atoms with Crippen LogP contribution < -0.4 is 9.30 Å². The van der Waals surface area contributed by atoms with Gasteiger partial charge in [-0.2, -0.15) is 17.7 Å². The molecule has 1 aromatic heterocycles. The zero-order valence-electron chi connectivity index (χ0n) is 21.3. The SMILES string of the molecule is CC(=O)c1ccc(C)c(OC(=O)c2c3ccccc3[n+](CC(=O)O)c3ccccc23)c1C.O=S(=O)([O-])C(F)(F)F. The van der Waals surface area contributed by atoms with Crippen molar-refractivity contribution in [2.24, 2.45) is 0 Å². The van der Waals surface area contributed by atoms with Crippen LogP contribution in [0.15, 0.2) is 60.7 Å². The summed E-state index contributed by atoms with van der Waals surface area (Å²) in [5.74, 6) is -1.29. The summed E-state index contributed by atoms with van der Waals surface area (Å²) in [7, 11) is -6.09. The smallest absolute Gasteiger partial charge is 0.485 e. The summed E-state index contributed by atoms with van der Waals surface area (Å²) < 4.78 is 66.5. The largest absolute Gasteiger partial charge is 0.741 e. The Bertz CT molecular complexity index is 1710. The summed E-state index contributed by atoms with van der Waals surface area (Å²) in [6, 6.07) is 17.8. The number of aromatic nitrogens is 1. The van der Waals surface area contributed by atoms with Crippen LogP contribution in [0.1, 0.15) is 38.8 Å². The number of halogens is 3. The third kappa shape index (κ3) is 6.26. The fourth-order valence-corrected chi connectivity index (χ4v) is 4.15. The second-order valence-electron chi connectivity index (χ2n) is 8.62. The van der Waals surface area contributed by atoms with Gasteiger partial charge in [-0.25, -0.2) is 18.0 Å². The molecule has 0 unspecified atom stereocenters. The van der Waals surface area contributed by atoms with Crippen LogP contribution in [-0.2, 0) is 21.5 Å². The van der Waals surface area contributed by atoms with Gasteiger partial charge in [-0.05, 0) is 38.5 Å². The minimum Gasteiger partial charge on any atom is -0.741 e. The average molecular weight is 578 g/mol. The molecule has 13 heteroatoms. The van der Waals surface area contributed by atoms with E-state index in [0.29, 0.717) is 44.2 Å². The lowest BCUT2D eigenvalue weighted by atomic mass is 10.0. The first-order chi connectivity index (χ1) is 18.5. The summed E-state index contributed by atoms with van der Waals surface area (Å²) in [5.41, 5.74) is -2.21. The second-order valence-corrected chi connectivity index (χ2v) is 9.99. The number of para-hydroxylation sites is 2. The molecule has 0 atom stereocenters. The number of carboxylic acid groups (broad SMARTS) is 1. The highest BCUT2D eigenvalue weighted by molar-refractivity contribution is 7.86. The number of carbonyl (C=O) groups is 3. The number of esters is 1. The number of benzene rings is 3. The van der Waals surface area contributed by atoms with Gasteiger partial charge in [0.1, 0.15) is 5.75 Å². The minimum atomic E-state index is -6.09. The number of nitrogens with zero attached hydrogens (tertiary/aromatic N) is 1.